The van der Waals surface area contributed by atoms with E-state index in [0.717, 1.165) is 11.1 Å². The minimum atomic E-state index is -0.504. The van der Waals surface area contributed by atoms with Crippen LogP contribution in [0.15, 0.2) is 42.5 Å². The Balaban J connectivity index is 2.10. The zero-order chi connectivity index (χ0) is 16.8. The maximum atomic E-state index is 12.0. The summed E-state index contributed by atoms with van der Waals surface area (Å²) in [6.45, 7) is 0.368. The van der Waals surface area contributed by atoms with E-state index >= 15 is 0 Å². The minimum absolute atomic E-state index is 0.343. The van der Waals surface area contributed by atoms with Crippen molar-refractivity contribution in [1.29, 1.82) is 0 Å². The van der Waals surface area contributed by atoms with Crippen molar-refractivity contribution >= 4 is 34.9 Å². The summed E-state index contributed by atoms with van der Waals surface area (Å²) < 4.78 is 4.87. The van der Waals surface area contributed by atoms with Crippen molar-refractivity contribution in [3.05, 3.63) is 63.6 Å². The molecule has 122 valence electrons. The molecule has 2 aromatic rings. The summed E-state index contributed by atoms with van der Waals surface area (Å²) in [5.41, 5.74) is 8.09. The number of benzene rings is 2. The highest BCUT2D eigenvalue weighted by Crippen LogP contribution is 2.24. The Morgan fingerprint density at radius 2 is 1.78 bits per heavy atom. The van der Waals surface area contributed by atoms with E-state index in [0.29, 0.717) is 28.7 Å². The summed E-state index contributed by atoms with van der Waals surface area (Å²) in [7, 11) is 1.36. The maximum Gasteiger partial charge on any atom is 0.323 e. The van der Waals surface area contributed by atoms with Gasteiger partial charge in [0.25, 0.3) is 0 Å². The van der Waals surface area contributed by atoms with Gasteiger partial charge in [-0.25, -0.2) is 0 Å². The molecule has 0 saturated heterocycles. The van der Waals surface area contributed by atoms with E-state index in [2.05, 4.69) is 5.32 Å². The second kappa shape index (κ2) is 8.20. The van der Waals surface area contributed by atoms with Crippen molar-refractivity contribution < 1.29 is 9.53 Å². The third-order valence-corrected chi connectivity index (χ3v) is 4.20. The molecular weight excluding hydrogens is 335 g/mol. The van der Waals surface area contributed by atoms with E-state index in [1.165, 1.54) is 7.11 Å². The molecule has 0 aromatic heterocycles. The molecule has 0 heterocycles. The van der Waals surface area contributed by atoms with Gasteiger partial charge < -0.3 is 10.5 Å². The fourth-order valence-electron chi connectivity index (χ4n) is 2.20. The molecule has 0 aliphatic carbocycles. The summed E-state index contributed by atoms with van der Waals surface area (Å²) in [5.74, 6) is -0.343. The van der Waals surface area contributed by atoms with Crippen LogP contribution < -0.4 is 11.1 Å². The van der Waals surface area contributed by atoms with Crippen molar-refractivity contribution in [2.75, 3.05) is 12.8 Å². The van der Waals surface area contributed by atoms with E-state index < -0.39 is 6.04 Å². The molecule has 0 bridgehead atoms. The van der Waals surface area contributed by atoms with Crippen LogP contribution in [0.4, 0.5) is 5.69 Å². The van der Waals surface area contributed by atoms with Crippen LogP contribution in [0.25, 0.3) is 0 Å². The molecule has 3 N–H and O–H groups in total. The van der Waals surface area contributed by atoms with Crippen LogP contribution in [-0.4, -0.2) is 19.1 Å². The van der Waals surface area contributed by atoms with Gasteiger partial charge in [0.2, 0.25) is 0 Å². The molecule has 6 heteroatoms. The summed E-state index contributed by atoms with van der Waals surface area (Å²) >= 11 is 12.3. The van der Waals surface area contributed by atoms with Crippen LogP contribution in [0.1, 0.15) is 11.1 Å². The van der Waals surface area contributed by atoms with Crippen LogP contribution in [0.3, 0.4) is 0 Å². The fraction of sp³-hybridized carbons (Fsp3) is 0.235. The Labute approximate surface area is 145 Å². The average molecular weight is 353 g/mol. The lowest BCUT2D eigenvalue weighted by atomic mass is 10.1. The summed E-state index contributed by atoms with van der Waals surface area (Å²) in [4.78, 5) is 12.0. The molecule has 1 atom stereocenters. The SMILES string of the molecule is COC(=O)[C@@H](Cc1ccc(N)cc1)NCc1c(Cl)cccc1Cl. The van der Waals surface area contributed by atoms with Gasteiger partial charge in [-0.3, -0.25) is 10.1 Å². The fourth-order valence-corrected chi connectivity index (χ4v) is 2.73. The molecule has 0 saturated carbocycles. The Hall–Kier alpha value is -1.75. The van der Waals surface area contributed by atoms with Crippen LogP contribution in [-0.2, 0) is 22.5 Å². The molecule has 0 amide bonds. The molecule has 4 nitrogen and oxygen atoms in total. The number of hydrogen-bond acceptors (Lipinski definition) is 4. The summed E-state index contributed by atoms with van der Waals surface area (Å²) in [5, 5.41) is 4.27. The zero-order valence-electron chi connectivity index (χ0n) is 12.7. The number of nitrogens with two attached hydrogens (primary N) is 1. The van der Waals surface area contributed by atoms with Gasteiger partial charge in [0, 0.05) is 27.8 Å². The Bertz CT molecular complexity index is 655. The number of hydrogen-bond donors (Lipinski definition) is 2. The van der Waals surface area contributed by atoms with Crippen molar-refractivity contribution in [3.8, 4) is 0 Å². The van der Waals surface area contributed by atoms with E-state index in [-0.39, 0.29) is 5.97 Å². The number of halogens is 2. The first-order valence-electron chi connectivity index (χ1n) is 7.09. The lowest BCUT2D eigenvalue weighted by Gasteiger charge is -2.18. The van der Waals surface area contributed by atoms with Crippen LogP contribution >= 0.6 is 23.2 Å². The Kier molecular flexibility index (Phi) is 6.28. The molecule has 0 fully saturated rings. The van der Waals surface area contributed by atoms with Crippen LogP contribution in [0.5, 0.6) is 0 Å². The predicted octanol–water partition coefficient (Wildman–Crippen LogP) is 3.45. The number of esters is 1. The van der Waals surface area contributed by atoms with Gasteiger partial charge in [-0.05, 0) is 36.2 Å². The average Bonchev–Trinajstić information content (AvgIpc) is 2.54. The van der Waals surface area contributed by atoms with Crippen LogP contribution in [0, 0.1) is 0 Å². The first-order valence-corrected chi connectivity index (χ1v) is 7.85. The van der Waals surface area contributed by atoms with Gasteiger partial charge in [0.15, 0.2) is 0 Å². The Morgan fingerprint density at radius 3 is 2.35 bits per heavy atom. The topological polar surface area (TPSA) is 64.3 Å². The van der Waals surface area contributed by atoms with E-state index in [1.54, 1.807) is 30.3 Å². The molecule has 0 unspecified atom stereocenters. The van der Waals surface area contributed by atoms with Gasteiger partial charge in [-0.1, -0.05) is 41.4 Å². The lowest BCUT2D eigenvalue weighted by Crippen LogP contribution is -2.39. The van der Waals surface area contributed by atoms with Crippen molar-refractivity contribution in [1.82, 2.24) is 5.32 Å². The normalized spacial score (nSPS) is 12.0. The van der Waals surface area contributed by atoms with Gasteiger partial charge in [-0.15, -0.1) is 0 Å². The second-order valence-electron chi connectivity index (χ2n) is 5.10. The smallest absolute Gasteiger partial charge is 0.323 e. The van der Waals surface area contributed by atoms with E-state index in [9.17, 15) is 4.79 Å². The molecule has 23 heavy (non-hydrogen) atoms. The largest absolute Gasteiger partial charge is 0.468 e. The lowest BCUT2D eigenvalue weighted by molar-refractivity contribution is -0.143. The summed E-state index contributed by atoms with van der Waals surface area (Å²) in [6.07, 6.45) is 0.481. The number of carbonyl (C=O) groups is 1. The van der Waals surface area contributed by atoms with Crippen LogP contribution in [0.2, 0.25) is 10.0 Å². The molecule has 2 aromatic carbocycles. The monoisotopic (exact) mass is 352 g/mol. The first-order chi connectivity index (χ1) is 11.0. The van der Waals surface area contributed by atoms with E-state index in [4.69, 9.17) is 33.7 Å². The third-order valence-electron chi connectivity index (χ3n) is 3.49. The molecular formula is C17H18Cl2N2O2. The van der Waals surface area contributed by atoms with Gasteiger partial charge in [-0.2, -0.15) is 0 Å². The predicted molar refractivity (Wildman–Crippen MR) is 93.7 cm³/mol. The number of rotatable bonds is 6. The Morgan fingerprint density at radius 1 is 1.17 bits per heavy atom. The molecule has 0 spiro atoms. The van der Waals surface area contributed by atoms with Gasteiger partial charge in [0.05, 0.1) is 7.11 Å². The zero-order valence-corrected chi connectivity index (χ0v) is 14.2. The number of methoxy groups -OCH3 is 1. The third kappa shape index (κ3) is 4.86. The molecule has 2 rings (SSSR count). The minimum Gasteiger partial charge on any atom is -0.468 e. The highest BCUT2D eigenvalue weighted by molar-refractivity contribution is 6.35. The standard InChI is InChI=1S/C17H18Cl2N2O2/c1-23-17(22)16(9-11-5-7-12(20)8-6-11)21-10-13-14(18)3-2-4-15(13)19/h2-8,16,21H,9-10,20H2,1H3/t16-/m1/s1. The first kappa shape index (κ1) is 17.6. The summed E-state index contributed by atoms with van der Waals surface area (Å²) in [6, 6.07) is 12.2. The van der Waals surface area contributed by atoms with Gasteiger partial charge >= 0.3 is 5.97 Å². The molecule has 0 radical (unpaired) electrons. The second-order valence-corrected chi connectivity index (χ2v) is 5.92. The number of anilines is 1. The number of carbonyl (C=O) groups excluding carboxylic acids is 1. The maximum absolute atomic E-state index is 12.0. The molecule has 0 aliphatic rings. The van der Waals surface area contributed by atoms with Crippen molar-refractivity contribution in [3.63, 3.8) is 0 Å². The quantitative estimate of drug-likeness (QED) is 0.617. The number of ether oxygens (including phenoxy) is 1. The number of nitrogen functional groups attached to an aromatic ring is 1. The van der Waals surface area contributed by atoms with Crippen molar-refractivity contribution in [2.45, 2.75) is 19.0 Å². The highest BCUT2D eigenvalue weighted by atomic mass is 35.5. The van der Waals surface area contributed by atoms with Gasteiger partial charge in [0.1, 0.15) is 6.04 Å². The highest BCUT2D eigenvalue weighted by Gasteiger charge is 2.20. The molecule has 0 aliphatic heterocycles. The van der Waals surface area contributed by atoms with Crippen molar-refractivity contribution in [2.24, 2.45) is 0 Å². The number of nitrogens with one attached hydrogen (secondary N) is 1. The van der Waals surface area contributed by atoms with E-state index in [1.807, 2.05) is 12.1 Å².